The minimum Gasteiger partial charge on any atom is -0.491 e. The number of nitrogens with zero attached hydrogens (tertiary/aromatic N) is 2. The first-order chi connectivity index (χ1) is 12.4. The number of esters is 1. The Bertz CT molecular complexity index is 705. The molecule has 1 atom stereocenters. The standard InChI is InChI=1S/C19H23N3O4/c1-4-5-12-19(21-22-19)13-11-16(23)20-18(2,17(24)25-3)14-26-15-9-7-6-8-10-15/h1,6-10H,5,11-14H2,2-3H3,(H,20,23). The summed E-state index contributed by atoms with van der Waals surface area (Å²) >= 11 is 0. The monoisotopic (exact) mass is 357 g/mol. The Labute approximate surface area is 153 Å². The molecule has 0 aromatic heterocycles. The minimum absolute atomic E-state index is 0.0492. The Kier molecular flexibility index (Phi) is 6.34. The second kappa shape index (κ2) is 8.48. The van der Waals surface area contributed by atoms with Gasteiger partial charge in [0.1, 0.15) is 12.4 Å². The lowest BCUT2D eigenvalue weighted by molar-refractivity contribution is -0.151. The first-order valence-corrected chi connectivity index (χ1v) is 8.38. The van der Waals surface area contributed by atoms with E-state index in [9.17, 15) is 9.59 Å². The van der Waals surface area contributed by atoms with Crippen LogP contribution in [0.5, 0.6) is 5.75 Å². The van der Waals surface area contributed by atoms with Crippen LogP contribution < -0.4 is 10.1 Å². The number of benzene rings is 1. The molecule has 138 valence electrons. The first-order valence-electron chi connectivity index (χ1n) is 8.38. The van der Waals surface area contributed by atoms with E-state index >= 15 is 0 Å². The van der Waals surface area contributed by atoms with Crippen molar-refractivity contribution in [2.45, 2.75) is 43.8 Å². The highest BCUT2D eigenvalue weighted by atomic mass is 16.5. The highest BCUT2D eigenvalue weighted by Gasteiger charge is 2.41. The van der Waals surface area contributed by atoms with Crippen LogP contribution in [-0.2, 0) is 14.3 Å². The largest absolute Gasteiger partial charge is 0.491 e. The highest BCUT2D eigenvalue weighted by molar-refractivity contribution is 5.87. The van der Waals surface area contributed by atoms with Gasteiger partial charge < -0.3 is 14.8 Å². The number of terminal acetylenes is 1. The third-order valence-electron chi connectivity index (χ3n) is 4.13. The van der Waals surface area contributed by atoms with E-state index in [0.717, 1.165) is 0 Å². The van der Waals surface area contributed by atoms with Crippen molar-refractivity contribution in [3.8, 4) is 18.1 Å². The molecule has 1 aliphatic heterocycles. The van der Waals surface area contributed by atoms with Crippen molar-refractivity contribution in [3.05, 3.63) is 30.3 Å². The molecule has 7 heteroatoms. The average Bonchev–Trinajstić information content (AvgIpc) is 3.43. The van der Waals surface area contributed by atoms with Crippen molar-refractivity contribution >= 4 is 11.9 Å². The molecular weight excluding hydrogens is 334 g/mol. The minimum atomic E-state index is -1.30. The van der Waals surface area contributed by atoms with E-state index < -0.39 is 17.2 Å². The second-order valence-electron chi connectivity index (χ2n) is 6.36. The molecule has 0 aliphatic carbocycles. The number of para-hydroxylation sites is 1. The molecule has 0 fully saturated rings. The number of hydrogen-bond acceptors (Lipinski definition) is 6. The third-order valence-corrected chi connectivity index (χ3v) is 4.13. The lowest BCUT2D eigenvalue weighted by Crippen LogP contribution is -2.56. The van der Waals surface area contributed by atoms with E-state index in [2.05, 4.69) is 21.5 Å². The fraction of sp³-hybridized carbons (Fsp3) is 0.474. The summed E-state index contributed by atoms with van der Waals surface area (Å²) in [4.78, 5) is 24.5. The zero-order chi connectivity index (χ0) is 19.0. The summed E-state index contributed by atoms with van der Waals surface area (Å²) in [5.41, 5.74) is -1.84. The van der Waals surface area contributed by atoms with E-state index in [0.29, 0.717) is 25.0 Å². The van der Waals surface area contributed by atoms with Gasteiger partial charge in [-0.1, -0.05) is 18.2 Å². The van der Waals surface area contributed by atoms with Gasteiger partial charge in [-0.15, -0.1) is 12.3 Å². The van der Waals surface area contributed by atoms with Crippen molar-refractivity contribution in [1.82, 2.24) is 5.32 Å². The third kappa shape index (κ3) is 5.31. The zero-order valence-corrected chi connectivity index (χ0v) is 15.0. The summed E-state index contributed by atoms with van der Waals surface area (Å²) in [5, 5.41) is 10.7. The normalized spacial score (nSPS) is 16.0. The van der Waals surface area contributed by atoms with Crippen molar-refractivity contribution in [3.63, 3.8) is 0 Å². The Morgan fingerprint density at radius 1 is 1.27 bits per heavy atom. The SMILES string of the molecule is C#CCCC1(CCC(=O)NC(C)(COc2ccccc2)C(=O)OC)N=N1. The molecule has 0 spiro atoms. The van der Waals surface area contributed by atoms with Crippen LogP contribution in [0, 0.1) is 12.3 Å². The van der Waals surface area contributed by atoms with E-state index in [1.807, 2.05) is 18.2 Å². The maximum atomic E-state index is 12.3. The summed E-state index contributed by atoms with van der Waals surface area (Å²) in [6.07, 6.45) is 7.07. The van der Waals surface area contributed by atoms with Crippen LogP contribution in [0.25, 0.3) is 0 Å². The molecule has 0 saturated carbocycles. The van der Waals surface area contributed by atoms with Gasteiger partial charge >= 0.3 is 5.97 Å². The van der Waals surface area contributed by atoms with Gasteiger partial charge in [0.15, 0.2) is 11.2 Å². The number of methoxy groups -OCH3 is 1. The molecule has 2 rings (SSSR count). The lowest BCUT2D eigenvalue weighted by Gasteiger charge is -2.28. The smallest absolute Gasteiger partial charge is 0.334 e. The number of carbonyl (C=O) groups is 2. The van der Waals surface area contributed by atoms with Gasteiger partial charge in [0, 0.05) is 25.7 Å². The molecule has 1 amide bonds. The molecule has 1 aliphatic rings. The van der Waals surface area contributed by atoms with Crippen LogP contribution >= 0.6 is 0 Å². The average molecular weight is 357 g/mol. The highest BCUT2D eigenvalue weighted by Crippen LogP contribution is 2.37. The zero-order valence-electron chi connectivity index (χ0n) is 15.0. The first kappa shape index (κ1) is 19.4. The number of rotatable bonds is 10. The summed E-state index contributed by atoms with van der Waals surface area (Å²) < 4.78 is 10.5. The number of amides is 1. The summed E-state index contributed by atoms with van der Waals surface area (Å²) in [5.74, 6) is 2.27. The Morgan fingerprint density at radius 3 is 2.54 bits per heavy atom. The summed E-state index contributed by atoms with van der Waals surface area (Å²) in [6.45, 7) is 1.52. The van der Waals surface area contributed by atoms with Crippen LogP contribution in [0.15, 0.2) is 40.6 Å². The van der Waals surface area contributed by atoms with Gasteiger partial charge in [-0.05, 0) is 19.1 Å². The number of nitrogens with one attached hydrogen (secondary N) is 1. The van der Waals surface area contributed by atoms with Crippen LogP contribution in [0.3, 0.4) is 0 Å². The number of carbonyl (C=O) groups excluding carboxylic acids is 2. The van der Waals surface area contributed by atoms with Crippen molar-refractivity contribution in [2.24, 2.45) is 10.2 Å². The van der Waals surface area contributed by atoms with Crippen LogP contribution in [0.1, 0.15) is 32.6 Å². The fourth-order valence-corrected chi connectivity index (χ4v) is 2.47. The van der Waals surface area contributed by atoms with Gasteiger partial charge in [0.2, 0.25) is 5.91 Å². The van der Waals surface area contributed by atoms with Gasteiger partial charge in [0.05, 0.1) is 7.11 Å². The molecule has 1 aromatic rings. The molecular formula is C19H23N3O4. The number of hydrogen-bond donors (Lipinski definition) is 1. The summed E-state index contributed by atoms with van der Waals surface area (Å²) in [7, 11) is 1.27. The maximum Gasteiger partial charge on any atom is 0.334 e. The molecule has 1 aromatic carbocycles. The molecule has 1 unspecified atom stereocenters. The molecule has 0 radical (unpaired) electrons. The van der Waals surface area contributed by atoms with Gasteiger partial charge in [-0.2, -0.15) is 10.2 Å². The van der Waals surface area contributed by atoms with E-state index in [4.69, 9.17) is 15.9 Å². The quantitative estimate of drug-likeness (QED) is 0.514. The molecule has 0 saturated heterocycles. The Morgan fingerprint density at radius 2 is 1.96 bits per heavy atom. The second-order valence-corrected chi connectivity index (χ2v) is 6.36. The van der Waals surface area contributed by atoms with Crippen LogP contribution in [0.4, 0.5) is 0 Å². The van der Waals surface area contributed by atoms with E-state index in [1.165, 1.54) is 7.11 Å². The van der Waals surface area contributed by atoms with Crippen molar-refractivity contribution in [2.75, 3.05) is 13.7 Å². The fourth-order valence-electron chi connectivity index (χ4n) is 2.47. The van der Waals surface area contributed by atoms with E-state index in [-0.39, 0.29) is 18.9 Å². The topological polar surface area (TPSA) is 89.3 Å². The molecule has 7 nitrogen and oxygen atoms in total. The van der Waals surface area contributed by atoms with Crippen LogP contribution in [-0.4, -0.2) is 36.8 Å². The molecule has 0 bridgehead atoms. The van der Waals surface area contributed by atoms with Gasteiger partial charge in [0.25, 0.3) is 0 Å². The molecule has 1 heterocycles. The van der Waals surface area contributed by atoms with Gasteiger partial charge in [-0.3, -0.25) is 4.79 Å². The summed E-state index contributed by atoms with van der Waals surface area (Å²) in [6, 6.07) is 9.04. The van der Waals surface area contributed by atoms with Crippen molar-refractivity contribution < 1.29 is 19.1 Å². The maximum absolute atomic E-state index is 12.3. The van der Waals surface area contributed by atoms with Crippen molar-refractivity contribution in [1.29, 1.82) is 0 Å². The Balaban J connectivity index is 1.90. The predicted octanol–water partition coefficient (Wildman–Crippen LogP) is 2.47. The van der Waals surface area contributed by atoms with Gasteiger partial charge in [-0.25, -0.2) is 4.79 Å². The predicted molar refractivity (Wildman–Crippen MR) is 95.4 cm³/mol. The van der Waals surface area contributed by atoms with E-state index in [1.54, 1.807) is 19.1 Å². The lowest BCUT2D eigenvalue weighted by atomic mass is 10.00. The molecule has 1 N–H and O–H groups in total. The van der Waals surface area contributed by atoms with Crippen LogP contribution in [0.2, 0.25) is 0 Å². The Hall–Kier alpha value is -2.88. The molecule has 26 heavy (non-hydrogen) atoms. The number of ether oxygens (including phenoxy) is 2.